The van der Waals surface area contributed by atoms with E-state index in [0.29, 0.717) is 0 Å². The van der Waals surface area contributed by atoms with Gasteiger partial charge in [-0.3, -0.25) is 0 Å². The van der Waals surface area contributed by atoms with Crippen LogP contribution in [0, 0.1) is 12.6 Å². The van der Waals surface area contributed by atoms with E-state index in [1.165, 1.54) is 32.7 Å². The monoisotopic (exact) mass is 523 g/mol. The Morgan fingerprint density at radius 3 is 2.04 bits per heavy atom. The van der Waals surface area contributed by atoms with Gasteiger partial charge in [-0.1, -0.05) is 80.0 Å². The first-order chi connectivity index (χ1) is 11.4. The first kappa shape index (κ1) is 19.9. The van der Waals surface area contributed by atoms with E-state index in [4.69, 9.17) is 0 Å². The molecule has 0 aliphatic heterocycles. The van der Waals surface area contributed by atoms with Gasteiger partial charge in [0.25, 0.3) is 0 Å². The molecule has 0 radical (unpaired) electrons. The normalized spacial score (nSPS) is 13.2. The van der Waals surface area contributed by atoms with E-state index < -0.39 is 8.07 Å². The fourth-order valence-corrected chi connectivity index (χ4v) is 2.87. The van der Waals surface area contributed by atoms with Crippen LogP contribution in [0.5, 0.6) is 0 Å². The van der Waals surface area contributed by atoms with Crippen molar-refractivity contribution in [1.29, 1.82) is 0 Å². The Balaban J connectivity index is 0.000000335. The summed E-state index contributed by atoms with van der Waals surface area (Å²) < 4.78 is 0. The summed E-state index contributed by atoms with van der Waals surface area (Å²) in [5.74, 6) is 0. The first-order valence-electron chi connectivity index (χ1n) is 8.47. The summed E-state index contributed by atoms with van der Waals surface area (Å²) in [6, 6.07) is 19.5. The number of allylic oxidation sites excluding steroid dienone is 4. The summed E-state index contributed by atoms with van der Waals surface area (Å²) in [5, 5.41) is 5.26. The molecule has 1 aliphatic rings. The quantitative estimate of drug-likeness (QED) is 0.186. The van der Waals surface area contributed by atoms with E-state index in [9.17, 15) is 0 Å². The number of hydrogen-bond acceptors (Lipinski definition) is 0. The van der Waals surface area contributed by atoms with Crippen LogP contribution in [0.1, 0.15) is 12.0 Å². The van der Waals surface area contributed by atoms with Gasteiger partial charge in [-0.05, 0) is 16.2 Å². The third-order valence-corrected chi connectivity index (χ3v) is 3.75. The van der Waals surface area contributed by atoms with Gasteiger partial charge in [0.1, 0.15) is 0 Å². The van der Waals surface area contributed by atoms with Crippen LogP contribution in [-0.2, 0) is 21.1 Å². The maximum absolute atomic E-state index is 3.91. The molecule has 1 aliphatic carbocycles. The summed E-state index contributed by atoms with van der Waals surface area (Å²) in [4.78, 5) is 0. The smallest absolute Gasteiger partial charge is 0.342 e. The molecule has 0 bridgehead atoms. The van der Waals surface area contributed by atoms with Crippen LogP contribution in [0.2, 0.25) is 19.6 Å². The Hall–Kier alpha value is -1.43. The van der Waals surface area contributed by atoms with Gasteiger partial charge in [0.05, 0.1) is 0 Å². The third-order valence-electron chi connectivity index (χ3n) is 3.75. The van der Waals surface area contributed by atoms with Crippen LogP contribution in [0.3, 0.4) is 0 Å². The Bertz CT molecular complexity index is 924. The fourth-order valence-electron chi connectivity index (χ4n) is 2.87. The molecule has 3 aromatic rings. The van der Waals surface area contributed by atoms with Gasteiger partial charge in [0, 0.05) is 0 Å². The zero-order chi connectivity index (χ0) is 17.2. The molecule has 4 rings (SSSR count). The van der Waals surface area contributed by atoms with Crippen LogP contribution in [-0.4, -0.2) is 8.07 Å². The van der Waals surface area contributed by atoms with Crippen LogP contribution < -0.4 is 0 Å². The molecule has 0 N–H and O–H groups in total. The summed E-state index contributed by atoms with van der Waals surface area (Å²) in [6.07, 6.45) is 8.71. The number of fused-ring (bicyclic) bond motifs is 3. The number of benzene rings is 3. The van der Waals surface area contributed by atoms with Crippen LogP contribution in [0.25, 0.3) is 27.1 Å². The van der Waals surface area contributed by atoms with Gasteiger partial charge in [0.2, 0.25) is 0 Å². The molecule has 0 nitrogen and oxygen atoms in total. The van der Waals surface area contributed by atoms with Crippen molar-refractivity contribution in [3.05, 3.63) is 84.9 Å². The zero-order valence-electron chi connectivity index (χ0n) is 15.1. The molecule has 0 unspecified atom stereocenters. The molecule has 130 valence electrons. The van der Waals surface area contributed by atoms with E-state index in [1.807, 2.05) is 0 Å². The average Bonchev–Trinajstić information content (AvgIpc) is 3.07. The van der Waals surface area contributed by atoms with Crippen molar-refractivity contribution in [3.8, 4) is 0 Å². The second kappa shape index (κ2) is 8.30. The second-order valence-corrected chi connectivity index (χ2v) is 12.6. The molecule has 25 heavy (non-hydrogen) atoms. The zero-order valence-corrected chi connectivity index (χ0v) is 18.4. The van der Waals surface area contributed by atoms with Crippen molar-refractivity contribution in [2.45, 2.75) is 26.1 Å². The minimum Gasteiger partial charge on any atom is -0.342 e. The third kappa shape index (κ3) is 5.03. The minimum atomic E-state index is -0.861. The number of rotatable bonds is 1. The second-order valence-electron chi connectivity index (χ2n) is 7.45. The van der Waals surface area contributed by atoms with E-state index in [2.05, 4.69) is 99.0 Å². The molecule has 0 heterocycles. The molecule has 0 saturated carbocycles. The molecule has 0 fully saturated rings. The largest absolute Gasteiger partial charge is 2.00 e. The topological polar surface area (TPSA) is 0 Å². The predicted molar refractivity (Wildman–Crippen MR) is 111 cm³/mol. The molecule has 0 saturated heterocycles. The molecular weight excluding hydrogens is 499 g/mol. The van der Waals surface area contributed by atoms with Gasteiger partial charge >= 0.3 is 21.1 Å². The molecule has 0 atom stereocenters. The van der Waals surface area contributed by atoms with Gasteiger partial charge in [-0.15, -0.1) is 25.8 Å². The average molecular weight is 524 g/mol. The summed E-state index contributed by atoms with van der Waals surface area (Å²) in [5.41, 5.74) is 2.52. The minimum absolute atomic E-state index is 0. The van der Waals surface area contributed by atoms with E-state index in [-0.39, 0.29) is 21.1 Å². The Morgan fingerprint density at radius 2 is 1.44 bits per heavy atom. The molecule has 0 aromatic heterocycles. The molecule has 2 heteroatoms. The molecule has 0 spiro atoms. The van der Waals surface area contributed by atoms with Crippen molar-refractivity contribution in [2.75, 3.05) is 0 Å². The fraction of sp³-hybridized carbons (Fsp3) is 0.174. The van der Waals surface area contributed by atoms with Crippen LogP contribution >= 0.6 is 0 Å². The van der Waals surface area contributed by atoms with Crippen molar-refractivity contribution in [1.82, 2.24) is 0 Å². The maximum atomic E-state index is 3.91. The number of hydrogen-bond donors (Lipinski definition) is 0. The van der Waals surface area contributed by atoms with Crippen LogP contribution in [0.15, 0.2) is 66.7 Å². The van der Waals surface area contributed by atoms with Gasteiger partial charge in [-0.25, -0.2) is 0 Å². The van der Waals surface area contributed by atoms with Crippen molar-refractivity contribution < 1.29 is 21.1 Å². The van der Waals surface area contributed by atoms with E-state index >= 15 is 0 Å². The first-order valence-corrected chi connectivity index (χ1v) is 12.2. The van der Waals surface area contributed by atoms with E-state index in [1.54, 1.807) is 0 Å². The summed E-state index contributed by atoms with van der Waals surface area (Å²) in [7, 11) is -0.861. The molecule has 3 aromatic carbocycles. The Kier molecular flexibility index (Phi) is 6.60. The summed E-state index contributed by atoms with van der Waals surface area (Å²) in [6.45, 7) is 10.6. The maximum Gasteiger partial charge on any atom is 2.00 e. The van der Waals surface area contributed by atoms with Crippen molar-refractivity contribution >= 4 is 35.2 Å². The molecule has 0 amide bonds. The Labute approximate surface area is 166 Å². The Morgan fingerprint density at radius 1 is 0.880 bits per heavy atom. The van der Waals surface area contributed by atoms with Crippen molar-refractivity contribution in [3.63, 3.8) is 0 Å². The summed E-state index contributed by atoms with van der Waals surface area (Å²) >= 11 is 0. The van der Waals surface area contributed by atoms with Gasteiger partial charge < -0.3 is 6.55 Å². The standard InChI is InChI=1S/C19H13.C4H11Si.Pt/c1-2-8-14(7-1)19-13-15-9-3-4-10-16(15)17-11-5-6-12-18(17)19;1-5(2,3)4;/h1,3-7,9-13H,2H2;1H2,2-4H3;/q2*-1;+2. The van der Waals surface area contributed by atoms with Crippen molar-refractivity contribution in [2.24, 2.45) is 0 Å². The van der Waals surface area contributed by atoms with Crippen LogP contribution in [0.4, 0.5) is 0 Å². The van der Waals surface area contributed by atoms with E-state index in [0.717, 1.165) is 6.42 Å². The molecular formula is C23H24PtSi. The van der Waals surface area contributed by atoms with Gasteiger partial charge in [0.15, 0.2) is 0 Å². The predicted octanol–water partition coefficient (Wildman–Crippen LogP) is 6.83. The van der Waals surface area contributed by atoms with Gasteiger partial charge in [-0.2, -0.15) is 17.7 Å². The SMILES string of the molecule is [C-]1=C(c2cc3ccccc3c3ccccc23)C=CC1.[CH2-][Si](C)(C)C.[Pt+2].